The molecule has 4 N–H and O–H groups in total. The lowest BCUT2D eigenvalue weighted by Crippen LogP contribution is -2.63. The molecule has 0 amide bonds. The van der Waals surface area contributed by atoms with Gasteiger partial charge in [-0.1, -0.05) is 20.8 Å². The first-order chi connectivity index (χ1) is 10.6. The van der Waals surface area contributed by atoms with Crippen molar-refractivity contribution < 1.29 is 44.3 Å². The van der Waals surface area contributed by atoms with Crippen molar-refractivity contribution in [3.8, 4) is 0 Å². The predicted octanol–water partition coefficient (Wildman–Crippen LogP) is 0.665. The summed E-state index contributed by atoms with van der Waals surface area (Å²) in [5.74, 6) is -6.79. The van der Waals surface area contributed by atoms with Gasteiger partial charge in [-0.2, -0.15) is 0 Å². The van der Waals surface area contributed by atoms with Gasteiger partial charge in [0, 0.05) is 0 Å². The van der Waals surface area contributed by atoms with E-state index in [2.05, 4.69) is 0 Å². The Morgan fingerprint density at radius 3 is 1.57 bits per heavy atom. The largest absolute Gasteiger partial charge is 0.481 e. The molecule has 1 fully saturated rings. The van der Waals surface area contributed by atoms with Crippen molar-refractivity contribution in [2.24, 2.45) is 10.8 Å². The number of rotatable bonds is 7. The standard InChI is InChI=1S/C14H20O9/c1-4-12(9(17)18)7(8(15)16)23-14(6-3,11(21)22)13(12,5-2)10(19)20/h7H,4-6H2,1-3H3,(H,15,16)(H,17,18)(H,19,20)(H,21,22). The second kappa shape index (κ2) is 5.80. The SMILES string of the molecule is CCC1(C(=O)O)OC(C(=O)O)C(CC)(C(=O)O)C1(CC)C(=O)O. The zero-order chi connectivity index (χ0) is 18.2. The zero-order valence-corrected chi connectivity index (χ0v) is 13.0. The molecule has 1 saturated heterocycles. The monoisotopic (exact) mass is 332 g/mol. The van der Waals surface area contributed by atoms with Crippen LogP contribution < -0.4 is 0 Å². The molecule has 0 bridgehead atoms. The molecule has 0 saturated carbocycles. The summed E-state index contributed by atoms with van der Waals surface area (Å²) in [5, 5.41) is 38.5. The van der Waals surface area contributed by atoms with Crippen LogP contribution >= 0.6 is 0 Å². The van der Waals surface area contributed by atoms with Crippen LogP contribution in [0.3, 0.4) is 0 Å². The predicted molar refractivity (Wildman–Crippen MR) is 73.9 cm³/mol. The van der Waals surface area contributed by atoms with Gasteiger partial charge >= 0.3 is 23.9 Å². The molecule has 9 nitrogen and oxygen atoms in total. The molecule has 0 radical (unpaired) electrons. The maximum absolute atomic E-state index is 12.1. The Morgan fingerprint density at radius 2 is 1.35 bits per heavy atom. The molecule has 0 aromatic rings. The molecule has 1 aliphatic rings. The quantitative estimate of drug-likeness (QED) is 0.525. The third-order valence-electron chi connectivity index (χ3n) is 5.12. The maximum atomic E-state index is 12.1. The van der Waals surface area contributed by atoms with E-state index >= 15 is 0 Å². The number of hydrogen-bond donors (Lipinski definition) is 4. The molecule has 0 aromatic carbocycles. The molecule has 1 rings (SSSR count). The van der Waals surface area contributed by atoms with Crippen molar-refractivity contribution in [2.75, 3.05) is 0 Å². The van der Waals surface area contributed by atoms with E-state index in [0.29, 0.717) is 0 Å². The third kappa shape index (κ3) is 1.89. The summed E-state index contributed by atoms with van der Waals surface area (Å²) >= 11 is 0. The molecule has 0 spiro atoms. The molecular formula is C14H20O9. The molecule has 1 aliphatic heterocycles. The van der Waals surface area contributed by atoms with Crippen LogP contribution in [0, 0.1) is 10.8 Å². The van der Waals surface area contributed by atoms with E-state index in [-0.39, 0.29) is 6.42 Å². The van der Waals surface area contributed by atoms with Gasteiger partial charge in [0.1, 0.15) is 10.8 Å². The molecular weight excluding hydrogens is 312 g/mol. The summed E-state index contributed by atoms with van der Waals surface area (Å²) in [4.78, 5) is 47.5. The zero-order valence-electron chi connectivity index (χ0n) is 13.0. The summed E-state index contributed by atoms with van der Waals surface area (Å²) in [6, 6.07) is 0. The molecule has 1 heterocycles. The maximum Gasteiger partial charge on any atom is 0.337 e. The average molecular weight is 332 g/mol. The van der Waals surface area contributed by atoms with Gasteiger partial charge in [0.15, 0.2) is 11.7 Å². The Kier molecular flexibility index (Phi) is 4.76. The van der Waals surface area contributed by atoms with Gasteiger partial charge in [0.05, 0.1) is 0 Å². The highest BCUT2D eigenvalue weighted by atomic mass is 16.6. The van der Waals surface area contributed by atoms with Gasteiger partial charge in [-0.25, -0.2) is 9.59 Å². The number of aliphatic carboxylic acids is 4. The minimum absolute atomic E-state index is 0.388. The minimum atomic E-state index is -2.45. The number of ether oxygens (including phenoxy) is 1. The summed E-state index contributed by atoms with van der Waals surface area (Å²) in [5.41, 5.74) is -7.29. The first-order valence-corrected chi connectivity index (χ1v) is 7.16. The van der Waals surface area contributed by atoms with Crippen molar-refractivity contribution in [1.29, 1.82) is 0 Å². The van der Waals surface area contributed by atoms with Crippen molar-refractivity contribution in [3.63, 3.8) is 0 Å². The van der Waals surface area contributed by atoms with E-state index in [4.69, 9.17) is 4.74 Å². The van der Waals surface area contributed by atoms with Crippen molar-refractivity contribution in [1.82, 2.24) is 0 Å². The van der Waals surface area contributed by atoms with Crippen LogP contribution in [0.25, 0.3) is 0 Å². The van der Waals surface area contributed by atoms with Gasteiger partial charge in [-0.15, -0.1) is 0 Å². The smallest absolute Gasteiger partial charge is 0.337 e. The van der Waals surface area contributed by atoms with E-state index in [1.807, 2.05) is 0 Å². The molecule has 130 valence electrons. The normalized spacial score (nSPS) is 36.6. The molecule has 0 aromatic heterocycles. The molecule has 4 atom stereocenters. The molecule has 23 heavy (non-hydrogen) atoms. The van der Waals surface area contributed by atoms with Crippen LogP contribution in [0.1, 0.15) is 40.0 Å². The Labute approximate surface area is 131 Å². The average Bonchev–Trinajstić information content (AvgIpc) is 2.75. The number of carboxylic acids is 4. The topological polar surface area (TPSA) is 158 Å². The van der Waals surface area contributed by atoms with Crippen molar-refractivity contribution in [3.05, 3.63) is 0 Å². The highest BCUT2D eigenvalue weighted by molar-refractivity contribution is 5.99. The second-order valence-corrected chi connectivity index (χ2v) is 5.52. The van der Waals surface area contributed by atoms with Crippen molar-refractivity contribution in [2.45, 2.75) is 51.7 Å². The fourth-order valence-electron chi connectivity index (χ4n) is 4.07. The fraction of sp³-hybridized carbons (Fsp3) is 0.714. The van der Waals surface area contributed by atoms with Crippen LogP contribution in [-0.4, -0.2) is 56.0 Å². The van der Waals surface area contributed by atoms with E-state index in [0.717, 1.165) is 0 Å². The Morgan fingerprint density at radius 1 is 0.826 bits per heavy atom. The Hall–Kier alpha value is -2.16. The number of carboxylic acid groups (broad SMARTS) is 4. The lowest BCUT2D eigenvalue weighted by atomic mass is 9.52. The molecule has 9 heteroatoms. The van der Waals surface area contributed by atoms with E-state index in [1.165, 1.54) is 20.8 Å². The molecule has 4 unspecified atom stereocenters. The lowest BCUT2D eigenvalue weighted by molar-refractivity contribution is -0.192. The highest BCUT2D eigenvalue weighted by Gasteiger charge is 2.82. The summed E-state index contributed by atoms with van der Waals surface area (Å²) in [7, 11) is 0. The Bertz CT molecular complexity index is 556. The summed E-state index contributed by atoms with van der Waals surface area (Å²) in [6.45, 7) is 3.96. The summed E-state index contributed by atoms with van der Waals surface area (Å²) < 4.78 is 5.20. The summed E-state index contributed by atoms with van der Waals surface area (Å²) in [6.07, 6.45) is -3.29. The fourth-order valence-corrected chi connectivity index (χ4v) is 4.07. The van der Waals surface area contributed by atoms with Gasteiger partial charge in [0.25, 0.3) is 0 Å². The van der Waals surface area contributed by atoms with Crippen molar-refractivity contribution >= 4 is 23.9 Å². The highest BCUT2D eigenvalue weighted by Crippen LogP contribution is 2.63. The van der Waals surface area contributed by atoms with Crippen LogP contribution in [-0.2, 0) is 23.9 Å². The Balaban J connectivity index is 4.01. The van der Waals surface area contributed by atoms with E-state index in [9.17, 15) is 39.6 Å². The number of carbonyl (C=O) groups is 4. The van der Waals surface area contributed by atoms with E-state index in [1.54, 1.807) is 0 Å². The first kappa shape index (κ1) is 18.9. The van der Waals surface area contributed by atoms with Gasteiger partial charge in [0.2, 0.25) is 0 Å². The molecule has 0 aliphatic carbocycles. The van der Waals surface area contributed by atoms with Crippen LogP contribution in [0.2, 0.25) is 0 Å². The van der Waals surface area contributed by atoms with Gasteiger partial charge in [-0.05, 0) is 19.3 Å². The third-order valence-corrected chi connectivity index (χ3v) is 5.12. The lowest BCUT2D eigenvalue weighted by Gasteiger charge is -2.44. The van der Waals surface area contributed by atoms with E-state index < -0.39 is 59.3 Å². The second-order valence-electron chi connectivity index (χ2n) is 5.52. The van der Waals surface area contributed by atoms with Gasteiger partial charge < -0.3 is 25.2 Å². The van der Waals surface area contributed by atoms with Crippen LogP contribution in [0.5, 0.6) is 0 Å². The van der Waals surface area contributed by atoms with Gasteiger partial charge in [-0.3, -0.25) is 9.59 Å². The number of hydrogen-bond acceptors (Lipinski definition) is 5. The van der Waals surface area contributed by atoms with Crippen LogP contribution in [0.15, 0.2) is 0 Å². The first-order valence-electron chi connectivity index (χ1n) is 7.16. The van der Waals surface area contributed by atoms with Crippen LogP contribution in [0.4, 0.5) is 0 Å². The minimum Gasteiger partial charge on any atom is -0.481 e.